The largest absolute Gasteiger partial charge is 0.444 e. The molecule has 0 spiro atoms. The van der Waals surface area contributed by atoms with Gasteiger partial charge in [-0.05, 0) is 39.1 Å². The van der Waals surface area contributed by atoms with Crippen LogP contribution in [0.3, 0.4) is 0 Å². The van der Waals surface area contributed by atoms with Crippen molar-refractivity contribution in [3.63, 3.8) is 0 Å². The van der Waals surface area contributed by atoms with Crippen molar-refractivity contribution in [2.45, 2.75) is 46.4 Å². The Kier molecular flexibility index (Phi) is 9.87. The Morgan fingerprint density at radius 1 is 1.41 bits per heavy atom. The second-order valence-corrected chi connectivity index (χ2v) is 8.01. The number of nitrogens with one attached hydrogen (secondary N) is 2. The Balaban J connectivity index is 0.00000300. The van der Waals surface area contributed by atoms with Crippen LogP contribution >= 0.6 is 35.3 Å². The van der Waals surface area contributed by atoms with E-state index in [2.05, 4.69) is 56.9 Å². The van der Waals surface area contributed by atoms with Crippen LogP contribution in [0.25, 0.3) is 0 Å². The predicted molar refractivity (Wildman–Crippen MR) is 128 cm³/mol. The number of guanidine groups is 1. The van der Waals surface area contributed by atoms with E-state index in [0.717, 1.165) is 50.2 Å². The van der Waals surface area contributed by atoms with E-state index in [1.165, 1.54) is 4.88 Å². The molecule has 2 unspecified atom stereocenters. The summed E-state index contributed by atoms with van der Waals surface area (Å²) in [5.41, 5.74) is 0.919. The smallest absolute Gasteiger partial charge is 0.216 e. The van der Waals surface area contributed by atoms with Gasteiger partial charge in [0.2, 0.25) is 5.89 Å². The van der Waals surface area contributed by atoms with Gasteiger partial charge in [-0.2, -0.15) is 0 Å². The van der Waals surface area contributed by atoms with E-state index in [9.17, 15) is 0 Å². The average Bonchev–Trinajstić information content (AvgIpc) is 3.30. The van der Waals surface area contributed by atoms with Gasteiger partial charge in [0.15, 0.2) is 5.96 Å². The molecule has 2 aromatic rings. The van der Waals surface area contributed by atoms with Gasteiger partial charge in [0, 0.05) is 31.1 Å². The first-order valence-corrected chi connectivity index (χ1v) is 10.8. The molecule has 3 heterocycles. The molecular weight excluding hydrogens is 501 g/mol. The highest BCUT2D eigenvalue weighted by Crippen LogP contribution is 2.26. The Hall–Kier alpha value is -1.17. The molecule has 1 aliphatic heterocycles. The summed E-state index contributed by atoms with van der Waals surface area (Å²) in [4.78, 5) is 12.9. The fraction of sp³-hybridized carbons (Fsp3) is 0.600. The Bertz CT molecular complexity index is 746. The molecule has 29 heavy (non-hydrogen) atoms. The van der Waals surface area contributed by atoms with Gasteiger partial charge in [0.1, 0.15) is 12.3 Å². The molecule has 0 bridgehead atoms. The molecule has 2 N–H and O–H groups in total. The van der Waals surface area contributed by atoms with Gasteiger partial charge in [-0.25, -0.2) is 9.98 Å². The van der Waals surface area contributed by atoms with Crippen molar-refractivity contribution >= 4 is 41.3 Å². The molecule has 0 saturated carbocycles. The van der Waals surface area contributed by atoms with Gasteiger partial charge in [0.05, 0.1) is 24.4 Å². The number of ether oxygens (including phenoxy) is 1. The lowest BCUT2D eigenvalue weighted by atomic mass is 10.1. The third kappa shape index (κ3) is 6.94. The minimum Gasteiger partial charge on any atom is -0.444 e. The van der Waals surface area contributed by atoms with Crippen molar-refractivity contribution in [2.75, 3.05) is 32.8 Å². The molecule has 9 heteroatoms. The normalized spacial score (nSPS) is 18.9. The molecular formula is C20H32IN5O2S. The van der Waals surface area contributed by atoms with Crippen LogP contribution in [0.5, 0.6) is 0 Å². The fourth-order valence-corrected chi connectivity index (χ4v) is 4.17. The highest BCUT2D eigenvalue weighted by Gasteiger charge is 2.26. The monoisotopic (exact) mass is 533 g/mol. The summed E-state index contributed by atoms with van der Waals surface area (Å²) in [7, 11) is 0. The summed E-state index contributed by atoms with van der Waals surface area (Å²) in [6.07, 6.45) is 0.259. The molecule has 0 radical (unpaired) electrons. The van der Waals surface area contributed by atoms with Crippen molar-refractivity contribution in [3.8, 4) is 0 Å². The summed E-state index contributed by atoms with van der Waals surface area (Å²) < 4.78 is 11.4. The van der Waals surface area contributed by atoms with Crippen molar-refractivity contribution in [2.24, 2.45) is 4.99 Å². The van der Waals surface area contributed by atoms with Crippen LogP contribution in [0, 0.1) is 13.8 Å². The van der Waals surface area contributed by atoms with Crippen LogP contribution in [0.1, 0.15) is 42.1 Å². The summed E-state index contributed by atoms with van der Waals surface area (Å²) in [6, 6.07) is 4.62. The van der Waals surface area contributed by atoms with E-state index >= 15 is 0 Å². The van der Waals surface area contributed by atoms with E-state index in [-0.39, 0.29) is 30.1 Å². The van der Waals surface area contributed by atoms with Crippen molar-refractivity contribution in [3.05, 3.63) is 39.7 Å². The minimum atomic E-state index is 0. The zero-order valence-electron chi connectivity index (χ0n) is 17.6. The van der Waals surface area contributed by atoms with Gasteiger partial charge in [-0.1, -0.05) is 6.07 Å². The highest BCUT2D eigenvalue weighted by atomic mass is 127. The maximum atomic E-state index is 5.73. The highest BCUT2D eigenvalue weighted by molar-refractivity contribution is 14.0. The summed E-state index contributed by atoms with van der Waals surface area (Å²) in [5, 5.41) is 8.96. The van der Waals surface area contributed by atoms with Gasteiger partial charge < -0.3 is 19.8 Å². The molecule has 1 fully saturated rings. The number of aromatic nitrogens is 1. The lowest BCUT2D eigenvalue weighted by Gasteiger charge is -2.37. The number of halogens is 1. The number of aliphatic imine (C=N–C) groups is 1. The first kappa shape index (κ1) is 24.1. The van der Waals surface area contributed by atoms with Crippen LogP contribution in [-0.4, -0.2) is 54.7 Å². The fourth-order valence-electron chi connectivity index (χ4n) is 3.31. The van der Waals surface area contributed by atoms with Crippen LogP contribution < -0.4 is 10.6 Å². The van der Waals surface area contributed by atoms with Crippen LogP contribution in [0.2, 0.25) is 0 Å². The Labute approximate surface area is 194 Å². The standard InChI is InChI=1S/C20H31N5O2S.HI/c1-5-21-20(23-12-19-24-15(3)16(4)27-19)22-11-17(18-7-6-10-28-18)25-8-9-26-14(2)13-25;/h6-7,10,14,17H,5,8-9,11-13H2,1-4H3,(H2,21,22,23);1H. The second kappa shape index (κ2) is 11.9. The summed E-state index contributed by atoms with van der Waals surface area (Å²) in [5.74, 6) is 2.27. The maximum Gasteiger partial charge on any atom is 0.216 e. The number of hydrogen-bond donors (Lipinski definition) is 2. The van der Waals surface area contributed by atoms with Gasteiger partial charge in [-0.3, -0.25) is 4.90 Å². The lowest BCUT2D eigenvalue weighted by Crippen LogP contribution is -2.48. The third-order valence-corrected chi connectivity index (χ3v) is 5.81. The number of nitrogens with zero attached hydrogens (tertiary/aromatic N) is 3. The molecule has 7 nitrogen and oxygen atoms in total. The maximum absolute atomic E-state index is 5.73. The molecule has 1 saturated heterocycles. The number of morpholine rings is 1. The Morgan fingerprint density at radius 3 is 2.86 bits per heavy atom. The summed E-state index contributed by atoms with van der Waals surface area (Å²) in [6.45, 7) is 12.7. The zero-order chi connectivity index (χ0) is 19.9. The van der Waals surface area contributed by atoms with Crippen molar-refractivity contribution in [1.29, 1.82) is 0 Å². The van der Waals surface area contributed by atoms with Gasteiger partial charge in [-0.15, -0.1) is 35.3 Å². The minimum absolute atomic E-state index is 0. The quantitative estimate of drug-likeness (QED) is 0.323. The van der Waals surface area contributed by atoms with Gasteiger partial charge in [0.25, 0.3) is 0 Å². The zero-order valence-corrected chi connectivity index (χ0v) is 20.8. The lowest BCUT2D eigenvalue weighted by molar-refractivity contribution is -0.0334. The topological polar surface area (TPSA) is 74.9 Å². The van der Waals surface area contributed by atoms with Crippen molar-refractivity contribution < 1.29 is 9.15 Å². The van der Waals surface area contributed by atoms with Crippen molar-refractivity contribution in [1.82, 2.24) is 20.5 Å². The van der Waals surface area contributed by atoms with Crippen LogP contribution in [-0.2, 0) is 11.3 Å². The number of oxazole rings is 1. The molecule has 162 valence electrons. The number of rotatable bonds is 7. The van der Waals surface area contributed by atoms with E-state index in [1.807, 2.05) is 13.8 Å². The molecule has 0 aliphatic carbocycles. The van der Waals surface area contributed by atoms with E-state index in [0.29, 0.717) is 18.5 Å². The van der Waals surface area contributed by atoms with Gasteiger partial charge >= 0.3 is 0 Å². The van der Waals surface area contributed by atoms with E-state index in [1.54, 1.807) is 11.3 Å². The SMILES string of the molecule is CCNC(=NCc1nc(C)c(C)o1)NCC(c1cccs1)N1CCOC(C)C1.I. The molecule has 0 aromatic carbocycles. The number of aryl methyl sites for hydroxylation is 2. The second-order valence-electron chi connectivity index (χ2n) is 7.03. The first-order chi connectivity index (χ1) is 13.6. The van der Waals surface area contributed by atoms with Crippen LogP contribution in [0.15, 0.2) is 26.9 Å². The molecule has 2 aromatic heterocycles. The number of hydrogen-bond acceptors (Lipinski definition) is 6. The molecule has 1 aliphatic rings. The van der Waals surface area contributed by atoms with E-state index < -0.39 is 0 Å². The van der Waals surface area contributed by atoms with Crippen LogP contribution in [0.4, 0.5) is 0 Å². The predicted octanol–water partition coefficient (Wildman–Crippen LogP) is 3.49. The van der Waals surface area contributed by atoms with E-state index in [4.69, 9.17) is 9.15 Å². The first-order valence-electron chi connectivity index (χ1n) is 9.91. The molecule has 0 amide bonds. The molecule has 3 rings (SSSR count). The molecule has 2 atom stereocenters. The number of thiophene rings is 1. The average molecular weight is 533 g/mol. The third-order valence-electron chi connectivity index (χ3n) is 4.84. The Morgan fingerprint density at radius 2 is 2.24 bits per heavy atom. The summed E-state index contributed by atoms with van der Waals surface area (Å²) >= 11 is 1.80.